The third kappa shape index (κ3) is 3.45. The van der Waals surface area contributed by atoms with E-state index in [2.05, 4.69) is 20.7 Å². The third-order valence-corrected chi connectivity index (χ3v) is 5.49. The van der Waals surface area contributed by atoms with Gasteiger partial charge in [-0.15, -0.1) is 0 Å². The Balaban J connectivity index is 1.41. The van der Waals surface area contributed by atoms with Crippen LogP contribution in [0.2, 0.25) is 0 Å². The molecule has 130 valence electrons. The van der Waals surface area contributed by atoms with Gasteiger partial charge < -0.3 is 15.3 Å². The molecule has 3 aliphatic heterocycles. The maximum atomic E-state index is 10.1. The molecule has 0 radical (unpaired) electrons. The van der Waals surface area contributed by atoms with Crippen molar-refractivity contribution in [2.45, 2.75) is 18.9 Å². The Morgan fingerprint density at radius 1 is 1.20 bits per heavy atom. The smallest absolute Gasteiger partial charge is 0.187 e. The molecule has 3 saturated heterocycles. The fraction of sp³-hybridized carbons (Fsp3) is 0.368. The van der Waals surface area contributed by atoms with E-state index in [1.165, 1.54) is 25.9 Å². The number of thiocarbonyl (C=S) groups is 1. The van der Waals surface area contributed by atoms with Crippen LogP contribution in [0.25, 0.3) is 10.8 Å². The summed E-state index contributed by atoms with van der Waals surface area (Å²) in [6.07, 6.45) is 4.11. The van der Waals surface area contributed by atoms with E-state index in [4.69, 9.17) is 12.2 Å². The van der Waals surface area contributed by atoms with Crippen LogP contribution in [0.4, 0.5) is 0 Å². The van der Waals surface area contributed by atoms with Gasteiger partial charge in [0.15, 0.2) is 5.11 Å². The van der Waals surface area contributed by atoms with Gasteiger partial charge in [0.1, 0.15) is 5.75 Å². The van der Waals surface area contributed by atoms with E-state index in [9.17, 15) is 5.11 Å². The number of hydrogen-bond donors (Lipinski definition) is 3. The van der Waals surface area contributed by atoms with Gasteiger partial charge in [0.2, 0.25) is 0 Å². The van der Waals surface area contributed by atoms with Crippen molar-refractivity contribution in [3.63, 3.8) is 0 Å². The highest BCUT2D eigenvalue weighted by Gasteiger charge is 2.34. The number of piperidine rings is 3. The van der Waals surface area contributed by atoms with Gasteiger partial charge in [-0.05, 0) is 60.9 Å². The highest BCUT2D eigenvalue weighted by atomic mass is 32.1. The summed E-state index contributed by atoms with van der Waals surface area (Å²) in [6, 6.07) is 11.9. The predicted octanol–water partition coefficient (Wildman–Crippen LogP) is 2.44. The van der Waals surface area contributed by atoms with E-state index in [-0.39, 0.29) is 5.75 Å². The molecule has 0 spiro atoms. The molecule has 0 aliphatic carbocycles. The molecular formula is C19H22N4OS. The molecule has 3 aliphatic rings. The number of nitrogens with zero attached hydrogens (tertiary/aromatic N) is 2. The molecule has 2 aromatic carbocycles. The van der Waals surface area contributed by atoms with Gasteiger partial charge >= 0.3 is 0 Å². The van der Waals surface area contributed by atoms with Crippen LogP contribution in [0.5, 0.6) is 5.75 Å². The normalized spacial score (nSPS) is 25.4. The predicted molar refractivity (Wildman–Crippen MR) is 105 cm³/mol. The first-order valence-corrected chi connectivity index (χ1v) is 9.14. The van der Waals surface area contributed by atoms with Crippen molar-refractivity contribution in [2.24, 2.45) is 11.0 Å². The second-order valence-electron chi connectivity index (χ2n) is 6.81. The number of phenols is 1. The minimum atomic E-state index is 0.209. The molecule has 0 amide bonds. The van der Waals surface area contributed by atoms with Crippen molar-refractivity contribution in [3.8, 4) is 5.75 Å². The Bertz CT molecular complexity index is 814. The van der Waals surface area contributed by atoms with Crippen LogP contribution < -0.4 is 10.7 Å². The first kappa shape index (κ1) is 16.3. The van der Waals surface area contributed by atoms with E-state index < -0.39 is 0 Å². The lowest BCUT2D eigenvalue weighted by atomic mass is 9.84. The number of phenolic OH excluding ortho intramolecular Hbond substituents is 1. The molecule has 3 heterocycles. The van der Waals surface area contributed by atoms with Gasteiger partial charge in [-0.3, -0.25) is 5.43 Å². The molecule has 1 atom stereocenters. The second-order valence-corrected chi connectivity index (χ2v) is 7.22. The van der Waals surface area contributed by atoms with E-state index in [1.54, 1.807) is 12.3 Å². The fourth-order valence-electron chi connectivity index (χ4n) is 3.90. The van der Waals surface area contributed by atoms with E-state index in [1.807, 2.05) is 30.3 Å². The number of fused-ring (bicyclic) bond motifs is 4. The fourth-order valence-corrected chi connectivity index (χ4v) is 4.11. The van der Waals surface area contributed by atoms with Crippen molar-refractivity contribution < 1.29 is 5.11 Å². The van der Waals surface area contributed by atoms with Crippen molar-refractivity contribution in [2.75, 3.05) is 19.6 Å². The van der Waals surface area contributed by atoms with Crippen LogP contribution in [0.1, 0.15) is 18.4 Å². The Morgan fingerprint density at radius 2 is 2.00 bits per heavy atom. The quantitative estimate of drug-likeness (QED) is 0.449. The molecule has 3 fully saturated rings. The molecule has 0 aromatic heterocycles. The molecule has 0 saturated carbocycles. The summed E-state index contributed by atoms with van der Waals surface area (Å²) < 4.78 is 0. The van der Waals surface area contributed by atoms with Crippen LogP contribution in [-0.4, -0.2) is 47.0 Å². The van der Waals surface area contributed by atoms with Crippen LogP contribution in [-0.2, 0) is 0 Å². The zero-order valence-corrected chi connectivity index (χ0v) is 14.8. The molecule has 2 bridgehead atoms. The summed E-state index contributed by atoms with van der Waals surface area (Å²) in [6.45, 7) is 3.48. The maximum absolute atomic E-state index is 10.1. The standard InChI is InChI=1S/C19H22N4OS/c24-18-6-5-13-3-1-2-4-15(13)16(18)11-20-22-19(25)21-17-12-23-9-7-14(17)8-10-23/h1-6,11,14,17,24H,7-10,12H2,(H2,21,22,25)/b20-11-/t17-/m1/s1. The summed E-state index contributed by atoms with van der Waals surface area (Å²) >= 11 is 5.38. The molecular weight excluding hydrogens is 332 g/mol. The first-order chi connectivity index (χ1) is 12.2. The highest BCUT2D eigenvalue weighted by molar-refractivity contribution is 7.80. The van der Waals surface area contributed by atoms with E-state index in [0.717, 1.165) is 17.3 Å². The van der Waals surface area contributed by atoms with Crippen molar-refractivity contribution in [1.82, 2.24) is 15.6 Å². The largest absolute Gasteiger partial charge is 0.507 e. The SMILES string of the molecule is Oc1ccc2ccccc2c1/C=N\NC(=S)N[C@@H]1CN2CCC1CC2. The molecule has 6 heteroatoms. The maximum Gasteiger partial charge on any atom is 0.187 e. The zero-order valence-electron chi connectivity index (χ0n) is 14.0. The van der Waals surface area contributed by atoms with E-state index >= 15 is 0 Å². The van der Waals surface area contributed by atoms with Gasteiger partial charge in [0.05, 0.1) is 6.21 Å². The van der Waals surface area contributed by atoms with Gasteiger partial charge in [-0.1, -0.05) is 30.3 Å². The summed E-state index contributed by atoms with van der Waals surface area (Å²) in [7, 11) is 0. The number of rotatable bonds is 3. The monoisotopic (exact) mass is 354 g/mol. The minimum Gasteiger partial charge on any atom is -0.507 e. The van der Waals surface area contributed by atoms with E-state index in [0.29, 0.717) is 22.6 Å². The van der Waals surface area contributed by atoms with Gasteiger partial charge in [-0.25, -0.2) is 0 Å². The summed E-state index contributed by atoms with van der Waals surface area (Å²) in [5.41, 5.74) is 3.58. The number of hydrogen-bond acceptors (Lipinski definition) is 4. The Labute approximate surface area is 152 Å². The molecule has 5 rings (SSSR count). The number of nitrogens with one attached hydrogen (secondary N) is 2. The highest BCUT2D eigenvalue weighted by Crippen LogP contribution is 2.27. The van der Waals surface area contributed by atoms with Crippen LogP contribution in [0.3, 0.4) is 0 Å². The second kappa shape index (κ2) is 6.98. The average Bonchev–Trinajstić information content (AvgIpc) is 2.64. The lowest BCUT2D eigenvalue weighted by Crippen LogP contribution is -2.58. The van der Waals surface area contributed by atoms with Crippen LogP contribution in [0.15, 0.2) is 41.5 Å². The van der Waals surface area contributed by atoms with Crippen molar-refractivity contribution in [3.05, 3.63) is 42.0 Å². The number of aromatic hydroxyl groups is 1. The lowest BCUT2D eigenvalue weighted by Gasteiger charge is -2.45. The first-order valence-electron chi connectivity index (χ1n) is 8.73. The number of hydrazone groups is 1. The van der Waals surface area contributed by atoms with Crippen LogP contribution >= 0.6 is 12.2 Å². The summed E-state index contributed by atoms with van der Waals surface area (Å²) in [5.74, 6) is 0.913. The van der Waals surface area contributed by atoms with Crippen molar-refractivity contribution in [1.29, 1.82) is 0 Å². The Morgan fingerprint density at radius 3 is 2.76 bits per heavy atom. The van der Waals surface area contributed by atoms with Crippen molar-refractivity contribution >= 4 is 34.3 Å². The molecule has 2 aromatic rings. The summed E-state index contributed by atoms with van der Waals surface area (Å²) in [5, 5.41) is 20.3. The Hall–Kier alpha value is -2.18. The molecule has 5 nitrogen and oxygen atoms in total. The van der Waals surface area contributed by atoms with Crippen LogP contribution in [0, 0.1) is 5.92 Å². The molecule has 0 unspecified atom stereocenters. The van der Waals surface area contributed by atoms with Gasteiger partial charge in [-0.2, -0.15) is 5.10 Å². The molecule has 25 heavy (non-hydrogen) atoms. The minimum absolute atomic E-state index is 0.209. The molecule has 3 N–H and O–H groups in total. The number of benzene rings is 2. The topological polar surface area (TPSA) is 59.9 Å². The zero-order chi connectivity index (χ0) is 17.2. The third-order valence-electron chi connectivity index (χ3n) is 5.28. The average molecular weight is 354 g/mol. The van der Waals surface area contributed by atoms with Gasteiger partial charge in [0, 0.05) is 18.2 Å². The van der Waals surface area contributed by atoms with Gasteiger partial charge in [0.25, 0.3) is 0 Å². The summed E-state index contributed by atoms with van der Waals surface area (Å²) in [4.78, 5) is 2.48. The Kier molecular flexibility index (Phi) is 4.55. The lowest BCUT2D eigenvalue weighted by molar-refractivity contribution is 0.0812.